The second-order valence-electron chi connectivity index (χ2n) is 4.87. The lowest BCUT2D eigenvalue weighted by Gasteiger charge is -2.07. The quantitative estimate of drug-likeness (QED) is 0.685. The van der Waals surface area contributed by atoms with Crippen LogP contribution in [0, 0.1) is 6.92 Å². The van der Waals surface area contributed by atoms with Crippen LogP contribution >= 0.6 is 0 Å². The van der Waals surface area contributed by atoms with E-state index in [4.69, 9.17) is 5.73 Å². The lowest BCUT2D eigenvalue weighted by atomic mass is 9.99. The van der Waals surface area contributed by atoms with E-state index in [-0.39, 0.29) is 5.97 Å². The number of aryl methyl sites for hydroxylation is 3. The Morgan fingerprint density at radius 2 is 1.80 bits per heavy atom. The zero-order valence-electron chi connectivity index (χ0n) is 11.8. The van der Waals surface area contributed by atoms with Crippen LogP contribution in [-0.4, -0.2) is 13.1 Å². The minimum absolute atomic E-state index is 0.300. The van der Waals surface area contributed by atoms with Crippen molar-refractivity contribution in [2.75, 3.05) is 12.8 Å². The Balaban J connectivity index is 2.02. The number of rotatable bonds is 4. The van der Waals surface area contributed by atoms with Crippen LogP contribution in [-0.2, 0) is 17.6 Å². The Labute approximate surface area is 119 Å². The smallest absolute Gasteiger partial charge is 0.337 e. The monoisotopic (exact) mass is 269 g/mol. The molecule has 2 aromatic carbocycles. The van der Waals surface area contributed by atoms with Gasteiger partial charge in [-0.25, -0.2) is 4.79 Å². The molecule has 0 saturated heterocycles. The van der Waals surface area contributed by atoms with E-state index in [1.807, 2.05) is 24.3 Å². The van der Waals surface area contributed by atoms with Gasteiger partial charge in [-0.1, -0.05) is 18.2 Å². The first-order valence-corrected chi connectivity index (χ1v) is 6.62. The summed E-state index contributed by atoms with van der Waals surface area (Å²) in [4.78, 5) is 11.3. The van der Waals surface area contributed by atoms with Crippen molar-refractivity contribution in [1.82, 2.24) is 0 Å². The van der Waals surface area contributed by atoms with Gasteiger partial charge in [-0.2, -0.15) is 0 Å². The molecular weight excluding hydrogens is 250 g/mol. The predicted molar refractivity (Wildman–Crippen MR) is 80.8 cm³/mol. The molecule has 0 unspecified atom stereocenters. The molecular formula is C17H19NO2. The van der Waals surface area contributed by atoms with E-state index in [0.29, 0.717) is 5.56 Å². The van der Waals surface area contributed by atoms with Gasteiger partial charge < -0.3 is 10.5 Å². The van der Waals surface area contributed by atoms with E-state index in [2.05, 4.69) is 17.7 Å². The number of benzene rings is 2. The summed E-state index contributed by atoms with van der Waals surface area (Å²) in [7, 11) is 1.39. The highest BCUT2D eigenvalue weighted by Gasteiger charge is 2.05. The van der Waals surface area contributed by atoms with Crippen LogP contribution in [0.1, 0.15) is 27.0 Å². The van der Waals surface area contributed by atoms with Crippen molar-refractivity contribution in [3.05, 3.63) is 64.7 Å². The lowest BCUT2D eigenvalue weighted by molar-refractivity contribution is 0.0600. The van der Waals surface area contributed by atoms with Gasteiger partial charge in [-0.3, -0.25) is 0 Å². The molecule has 3 nitrogen and oxygen atoms in total. The number of nitrogen functional groups attached to an aromatic ring is 1. The van der Waals surface area contributed by atoms with Gasteiger partial charge in [0.2, 0.25) is 0 Å². The summed E-state index contributed by atoms with van der Waals surface area (Å²) in [5.41, 5.74) is 10.9. The van der Waals surface area contributed by atoms with Crippen molar-refractivity contribution < 1.29 is 9.53 Å². The fourth-order valence-corrected chi connectivity index (χ4v) is 2.20. The van der Waals surface area contributed by atoms with E-state index in [1.165, 1.54) is 23.8 Å². The molecule has 20 heavy (non-hydrogen) atoms. The topological polar surface area (TPSA) is 52.3 Å². The van der Waals surface area contributed by atoms with Crippen LogP contribution in [0.15, 0.2) is 42.5 Å². The number of hydrogen-bond donors (Lipinski definition) is 1. The minimum atomic E-state index is -0.300. The third-order valence-corrected chi connectivity index (χ3v) is 3.42. The lowest BCUT2D eigenvalue weighted by Crippen LogP contribution is -2.01. The number of anilines is 1. The van der Waals surface area contributed by atoms with E-state index in [0.717, 1.165) is 18.5 Å². The highest BCUT2D eigenvalue weighted by atomic mass is 16.5. The van der Waals surface area contributed by atoms with Crippen LogP contribution in [0.3, 0.4) is 0 Å². The van der Waals surface area contributed by atoms with Gasteiger partial charge in [0.1, 0.15) is 0 Å². The summed E-state index contributed by atoms with van der Waals surface area (Å²) in [6.45, 7) is 2.08. The molecule has 2 N–H and O–H groups in total. The average molecular weight is 269 g/mol. The SMILES string of the molecule is COC(=O)c1ccc(CCc2ccc(N)cc2C)cc1. The van der Waals surface area contributed by atoms with Crippen LogP contribution in [0.5, 0.6) is 0 Å². The third kappa shape index (κ3) is 3.38. The van der Waals surface area contributed by atoms with Gasteiger partial charge in [-0.15, -0.1) is 0 Å². The summed E-state index contributed by atoms with van der Waals surface area (Å²) >= 11 is 0. The fraction of sp³-hybridized carbons (Fsp3) is 0.235. The molecule has 0 fully saturated rings. The van der Waals surface area contributed by atoms with Crippen molar-refractivity contribution >= 4 is 11.7 Å². The van der Waals surface area contributed by atoms with Gasteiger partial charge in [0, 0.05) is 5.69 Å². The summed E-state index contributed by atoms with van der Waals surface area (Å²) in [5, 5.41) is 0. The normalized spacial score (nSPS) is 10.3. The number of hydrogen-bond acceptors (Lipinski definition) is 3. The molecule has 0 atom stereocenters. The summed E-state index contributed by atoms with van der Waals surface area (Å²) < 4.78 is 4.68. The van der Waals surface area contributed by atoms with Gasteiger partial charge in [0.25, 0.3) is 0 Å². The number of methoxy groups -OCH3 is 1. The Morgan fingerprint density at radius 3 is 2.40 bits per heavy atom. The number of carbonyl (C=O) groups excluding carboxylic acids is 1. The number of nitrogens with two attached hydrogens (primary N) is 1. The molecule has 3 heteroatoms. The molecule has 0 aliphatic rings. The van der Waals surface area contributed by atoms with Crippen molar-refractivity contribution in [1.29, 1.82) is 0 Å². The second-order valence-corrected chi connectivity index (χ2v) is 4.87. The standard InChI is InChI=1S/C17H19NO2/c1-12-11-16(18)10-9-14(12)6-3-13-4-7-15(8-5-13)17(19)20-2/h4-5,7-11H,3,6,18H2,1-2H3. The number of esters is 1. The maximum Gasteiger partial charge on any atom is 0.337 e. The highest BCUT2D eigenvalue weighted by molar-refractivity contribution is 5.89. The molecule has 104 valence electrons. The molecule has 0 aromatic heterocycles. The van der Waals surface area contributed by atoms with Crippen molar-refractivity contribution in [3.63, 3.8) is 0 Å². The van der Waals surface area contributed by atoms with Gasteiger partial charge >= 0.3 is 5.97 Å². The first kappa shape index (κ1) is 14.1. The molecule has 2 rings (SSSR count). The Bertz CT molecular complexity index is 603. The van der Waals surface area contributed by atoms with Crippen LogP contribution < -0.4 is 5.73 Å². The van der Waals surface area contributed by atoms with E-state index >= 15 is 0 Å². The fourth-order valence-electron chi connectivity index (χ4n) is 2.20. The third-order valence-electron chi connectivity index (χ3n) is 3.42. The summed E-state index contributed by atoms with van der Waals surface area (Å²) in [6.07, 6.45) is 1.90. The highest BCUT2D eigenvalue weighted by Crippen LogP contribution is 2.15. The van der Waals surface area contributed by atoms with Gasteiger partial charge in [0.15, 0.2) is 0 Å². The van der Waals surface area contributed by atoms with Crippen LogP contribution in [0.2, 0.25) is 0 Å². The molecule has 0 radical (unpaired) electrons. The van der Waals surface area contributed by atoms with E-state index in [1.54, 1.807) is 12.1 Å². The van der Waals surface area contributed by atoms with Crippen LogP contribution in [0.25, 0.3) is 0 Å². The summed E-state index contributed by atoms with van der Waals surface area (Å²) in [5.74, 6) is -0.300. The van der Waals surface area contributed by atoms with Crippen molar-refractivity contribution in [2.24, 2.45) is 0 Å². The maximum atomic E-state index is 11.3. The largest absolute Gasteiger partial charge is 0.465 e. The molecule has 0 heterocycles. The molecule has 0 bridgehead atoms. The van der Waals surface area contributed by atoms with E-state index < -0.39 is 0 Å². The van der Waals surface area contributed by atoms with Crippen molar-refractivity contribution in [2.45, 2.75) is 19.8 Å². The molecule has 0 amide bonds. The number of ether oxygens (including phenoxy) is 1. The molecule has 0 saturated carbocycles. The van der Waals surface area contributed by atoms with Crippen molar-refractivity contribution in [3.8, 4) is 0 Å². The zero-order chi connectivity index (χ0) is 14.5. The zero-order valence-corrected chi connectivity index (χ0v) is 11.8. The summed E-state index contributed by atoms with van der Waals surface area (Å²) in [6, 6.07) is 13.6. The Morgan fingerprint density at radius 1 is 1.10 bits per heavy atom. The first-order valence-electron chi connectivity index (χ1n) is 6.62. The van der Waals surface area contributed by atoms with Gasteiger partial charge in [0.05, 0.1) is 12.7 Å². The van der Waals surface area contributed by atoms with Gasteiger partial charge in [-0.05, 0) is 60.7 Å². The minimum Gasteiger partial charge on any atom is -0.465 e. The van der Waals surface area contributed by atoms with Crippen LogP contribution in [0.4, 0.5) is 5.69 Å². The Hall–Kier alpha value is -2.29. The average Bonchev–Trinajstić information content (AvgIpc) is 2.46. The second kappa shape index (κ2) is 6.24. The predicted octanol–water partition coefficient (Wildman–Crippen LogP) is 3.15. The molecule has 0 aliphatic heterocycles. The molecule has 2 aromatic rings. The Kier molecular flexibility index (Phi) is 4.41. The molecule has 0 spiro atoms. The van der Waals surface area contributed by atoms with E-state index in [9.17, 15) is 4.79 Å². The molecule has 0 aliphatic carbocycles. The first-order chi connectivity index (χ1) is 9.60. The maximum absolute atomic E-state index is 11.3. The number of carbonyl (C=O) groups is 1.